The van der Waals surface area contributed by atoms with E-state index in [2.05, 4.69) is 34.5 Å². The molecule has 1 aromatic rings. The molecule has 3 heterocycles. The number of hydrogen-bond donors (Lipinski definition) is 1. The number of piperidine rings is 1. The summed E-state index contributed by atoms with van der Waals surface area (Å²) < 4.78 is 5.50. The fourth-order valence-electron chi connectivity index (χ4n) is 4.16. The minimum absolute atomic E-state index is 0.402. The molecule has 108 valence electrons. The molecule has 20 heavy (non-hydrogen) atoms. The summed E-state index contributed by atoms with van der Waals surface area (Å²) in [6.45, 7) is 6.81. The molecule has 0 radical (unpaired) electrons. The van der Waals surface area contributed by atoms with Crippen LogP contribution in [0.4, 0.5) is 5.69 Å². The summed E-state index contributed by atoms with van der Waals surface area (Å²) >= 11 is 0. The SMILES string of the molecule is c1ccc2c(c1)NCC21CCN(C[C@@H]2CCOC2)CC1. The van der Waals surface area contributed by atoms with E-state index in [1.54, 1.807) is 5.56 Å². The zero-order valence-corrected chi connectivity index (χ0v) is 12.1. The molecule has 0 aromatic heterocycles. The van der Waals surface area contributed by atoms with E-state index in [1.807, 2.05) is 0 Å². The van der Waals surface area contributed by atoms with Gasteiger partial charge in [0.15, 0.2) is 0 Å². The van der Waals surface area contributed by atoms with Crippen LogP contribution in [-0.2, 0) is 10.2 Å². The smallest absolute Gasteiger partial charge is 0.0507 e. The van der Waals surface area contributed by atoms with Crippen molar-refractivity contribution in [3.63, 3.8) is 0 Å². The van der Waals surface area contributed by atoms with Gasteiger partial charge in [-0.05, 0) is 49.9 Å². The first-order valence-corrected chi connectivity index (χ1v) is 7.99. The molecule has 2 fully saturated rings. The highest BCUT2D eigenvalue weighted by atomic mass is 16.5. The number of para-hydroxylation sites is 1. The summed E-state index contributed by atoms with van der Waals surface area (Å²) in [7, 11) is 0. The van der Waals surface area contributed by atoms with Crippen LogP contribution in [0.3, 0.4) is 0 Å². The first-order chi connectivity index (χ1) is 9.86. The third-order valence-electron chi connectivity index (χ3n) is 5.47. The summed E-state index contributed by atoms with van der Waals surface area (Å²) in [6.07, 6.45) is 3.85. The van der Waals surface area contributed by atoms with E-state index in [0.29, 0.717) is 5.41 Å². The molecule has 3 aliphatic heterocycles. The Morgan fingerprint density at radius 2 is 2.10 bits per heavy atom. The van der Waals surface area contributed by atoms with E-state index in [-0.39, 0.29) is 0 Å². The fourth-order valence-corrected chi connectivity index (χ4v) is 4.16. The van der Waals surface area contributed by atoms with Crippen LogP contribution in [0.25, 0.3) is 0 Å². The Morgan fingerprint density at radius 1 is 1.25 bits per heavy atom. The van der Waals surface area contributed by atoms with Crippen LogP contribution in [0.2, 0.25) is 0 Å². The zero-order valence-electron chi connectivity index (χ0n) is 12.1. The molecule has 0 unspecified atom stereocenters. The average Bonchev–Trinajstić information content (AvgIpc) is 3.11. The van der Waals surface area contributed by atoms with Crippen LogP contribution in [0.5, 0.6) is 0 Å². The lowest BCUT2D eigenvalue weighted by molar-refractivity contribution is 0.133. The second-order valence-electron chi connectivity index (χ2n) is 6.71. The Balaban J connectivity index is 1.42. The van der Waals surface area contributed by atoms with E-state index in [4.69, 9.17) is 4.74 Å². The summed E-state index contributed by atoms with van der Waals surface area (Å²) in [5.74, 6) is 0.776. The van der Waals surface area contributed by atoms with Gasteiger partial charge < -0.3 is 15.0 Å². The van der Waals surface area contributed by atoms with Gasteiger partial charge in [0.1, 0.15) is 0 Å². The van der Waals surface area contributed by atoms with Gasteiger partial charge in [0.2, 0.25) is 0 Å². The molecule has 3 aliphatic rings. The summed E-state index contributed by atoms with van der Waals surface area (Å²) in [5.41, 5.74) is 3.33. The van der Waals surface area contributed by atoms with Gasteiger partial charge in [-0.25, -0.2) is 0 Å². The highest BCUT2D eigenvalue weighted by Gasteiger charge is 2.41. The number of benzene rings is 1. The van der Waals surface area contributed by atoms with Crippen molar-refractivity contribution in [2.75, 3.05) is 44.7 Å². The molecule has 4 rings (SSSR count). The number of nitrogens with zero attached hydrogens (tertiary/aromatic N) is 1. The lowest BCUT2D eigenvalue weighted by atomic mass is 9.74. The van der Waals surface area contributed by atoms with Crippen LogP contribution in [0, 0.1) is 5.92 Å². The third kappa shape index (κ3) is 2.13. The van der Waals surface area contributed by atoms with Crippen molar-refractivity contribution in [2.45, 2.75) is 24.7 Å². The van der Waals surface area contributed by atoms with Gasteiger partial charge in [-0.2, -0.15) is 0 Å². The zero-order chi connectivity index (χ0) is 13.4. The van der Waals surface area contributed by atoms with Crippen LogP contribution in [0.1, 0.15) is 24.8 Å². The Morgan fingerprint density at radius 3 is 2.90 bits per heavy atom. The molecule has 2 saturated heterocycles. The van der Waals surface area contributed by atoms with E-state index >= 15 is 0 Å². The Hall–Kier alpha value is -1.06. The van der Waals surface area contributed by atoms with Crippen molar-refractivity contribution in [1.29, 1.82) is 0 Å². The largest absolute Gasteiger partial charge is 0.384 e. The highest BCUT2D eigenvalue weighted by Crippen LogP contribution is 2.43. The monoisotopic (exact) mass is 272 g/mol. The molecule has 0 saturated carbocycles. The molecule has 1 spiro atoms. The minimum Gasteiger partial charge on any atom is -0.384 e. The maximum atomic E-state index is 5.50. The van der Waals surface area contributed by atoms with Crippen molar-refractivity contribution >= 4 is 5.69 Å². The lowest BCUT2D eigenvalue weighted by Crippen LogP contribution is -2.45. The quantitative estimate of drug-likeness (QED) is 0.895. The van der Waals surface area contributed by atoms with Gasteiger partial charge in [-0.15, -0.1) is 0 Å². The van der Waals surface area contributed by atoms with Crippen molar-refractivity contribution in [2.24, 2.45) is 5.92 Å². The molecule has 1 N–H and O–H groups in total. The van der Waals surface area contributed by atoms with Crippen molar-refractivity contribution < 1.29 is 4.74 Å². The maximum Gasteiger partial charge on any atom is 0.0507 e. The number of likely N-dealkylation sites (tertiary alicyclic amines) is 1. The topological polar surface area (TPSA) is 24.5 Å². The normalized spacial score (nSPS) is 28.5. The van der Waals surface area contributed by atoms with Crippen LogP contribution in [-0.4, -0.2) is 44.3 Å². The van der Waals surface area contributed by atoms with E-state index in [9.17, 15) is 0 Å². The van der Waals surface area contributed by atoms with Crippen LogP contribution >= 0.6 is 0 Å². The molecule has 0 amide bonds. The van der Waals surface area contributed by atoms with Crippen molar-refractivity contribution in [3.8, 4) is 0 Å². The predicted octanol–water partition coefficient (Wildman–Crippen LogP) is 2.48. The second-order valence-corrected chi connectivity index (χ2v) is 6.71. The van der Waals surface area contributed by atoms with E-state index in [0.717, 1.165) is 25.7 Å². The van der Waals surface area contributed by atoms with Gasteiger partial charge in [-0.3, -0.25) is 0 Å². The summed E-state index contributed by atoms with van der Waals surface area (Å²) in [6, 6.07) is 8.89. The average molecular weight is 272 g/mol. The van der Waals surface area contributed by atoms with Gasteiger partial charge in [0.05, 0.1) is 6.61 Å². The number of anilines is 1. The van der Waals surface area contributed by atoms with Gasteiger partial charge in [0, 0.05) is 30.8 Å². The van der Waals surface area contributed by atoms with Gasteiger partial charge in [0.25, 0.3) is 0 Å². The van der Waals surface area contributed by atoms with Crippen LogP contribution in [0.15, 0.2) is 24.3 Å². The summed E-state index contributed by atoms with van der Waals surface area (Å²) in [5, 5.41) is 3.61. The van der Waals surface area contributed by atoms with E-state index in [1.165, 1.54) is 44.6 Å². The van der Waals surface area contributed by atoms with E-state index < -0.39 is 0 Å². The molecular weight excluding hydrogens is 248 g/mol. The molecule has 0 bridgehead atoms. The number of rotatable bonds is 2. The first kappa shape index (κ1) is 12.7. The maximum absolute atomic E-state index is 5.50. The first-order valence-electron chi connectivity index (χ1n) is 7.99. The molecule has 1 aromatic carbocycles. The molecule has 1 atom stereocenters. The van der Waals surface area contributed by atoms with Gasteiger partial charge in [-0.1, -0.05) is 18.2 Å². The van der Waals surface area contributed by atoms with Crippen molar-refractivity contribution in [3.05, 3.63) is 29.8 Å². The highest BCUT2D eigenvalue weighted by molar-refractivity contribution is 5.60. The van der Waals surface area contributed by atoms with Crippen LogP contribution < -0.4 is 5.32 Å². The molecule has 0 aliphatic carbocycles. The Labute approximate surface area is 121 Å². The standard InChI is InChI=1S/C17H24N2O/c1-2-4-16-15(3-1)17(13-18-16)6-8-19(9-7-17)11-14-5-10-20-12-14/h1-4,14,18H,5-13H2/t14-/m0/s1. The lowest BCUT2D eigenvalue weighted by Gasteiger charge is -2.40. The predicted molar refractivity (Wildman–Crippen MR) is 81.2 cm³/mol. The Bertz CT molecular complexity index is 474. The number of nitrogens with one attached hydrogen (secondary N) is 1. The molecule has 3 nitrogen and oxygen atoms in total. The fraction of sp³-hybridized carbons (Fsp3) is 0.647. The van der Waals surface area contributed by atoms with Gasteiger partial charge >= 0.3 is 0 Å². The number of fused-ring (bicyclic) bond motifs is 2. The van der Waals surface area contributed by atoms with Crippen molar-refractivity contribution in [1.82, 2.24) is 4.90 Å². The number of hydrogen-bond acceptors (Lipinski definition) is 3. The summed E-state index contributed by atoms with van der Waals surface area (Å²) in [4.78, 5) is 2.66. The Kier molecular flexibility index (Phi) is 3.20. The number of ether oxygens (including phenoxy) is 1. The third-order valence-corrected chi connectivity index (χ3v) is 5.47. The minimum atomic E-state index is 0.402. The molecular formula is C17H24N2O. The molecule has 3 heteroatoms. The second kappa shape index (κ2) is 5.05.